The van der Waals surface area contributed by atoms with Crippen molar-refractivity contribution in [1.29, 1.82) is 5.26 Å². The van der Waals surface area contributed by atoms with E-state index >= 15 is 0 Å². The number of benzene rings is 3. The molecule has 0 bridgehead atoms. The highest BCUT2D eigenvalue weighted by Gasteiger charge is 2.30. The second-order valence-electron chi connectivity index (χ2n) is 6.30. The first kappa shape index (κ1) is 22.5. The van der Waals surface area contributed by atoms with E-state index in [1.165, 1.54) is 30.0 Å². The van der Waals surface area contributed by atoms with E-state index in [1.807, 2.05) is 30.3 Å². The molecule has 0 unspecified atom stereocenters. The molecule has 3 aromatic carbocycles. The molecule has 0 radical (unpaired) electrons. The van der Waals surface area contributed by atoms with E-state index in [2.05, 4.69) is 5.32 Å². The fraction of sp³-hybridized carbons (Fsp3) is 0.0435. The molecule has 0 aliphatic heterocycles. The molecule has 1 amide bonds. The van der Waals surface area contributed by atoms with Crippen LogP contribution in [-0.2, 0) is 11.0 Å². The molecule has 3 nitrogen and oxygen atoms in total. The molecule has 0 heterocycles. The lowest BCUT2D eigenvalue weighted by atomic mass is 10.1. The highest BCUT2D eigenvalue weighted by atomic mass is 35.5. The Hall–Kier alpha value is -3.21. The van der Waals surface area contributed by atoms with Crippen LogP contribution in [0.2, 0.25) is 5.02 Å². The third kappa shape index (κ3) is 6.14. The standard InChI is InChI=1S/C23H14ClF3N2OS/c24-18-8-10-20(11-9-18)31-21-7-2-1-4-15(21)12-16(14-28)22(30)29-19-6-3-5-17(13-19)23(25,26)27/h1-13H,(H,29,30)/b16-12+. The van der Waals surface area contributed by atoms with Crippen molar-refractivity contribution in [2.45, 2.75) is 16.0 Å². The predicted molar refractivity (Wildman–Crippen MR) is 116 cm³/mol. The summed E-state index contributed by atoms with van der Waals surface area (Å²) in [6, 6.07) is 20.4. The van der Waals surface area contributed by atoms with Crippen molar-refractivity contribution in [2.75, 3.05) is 5.32 Å². The zero-order valence-corrected chi connectivity index (χ0v) is 17.4. The molecule has 31 heavy (non-hydrogen) atoms. The second-order valence-corrected chi connectivity index (χ2v) is 7.85. The second kappa shape index (κ2) is 9.73. The van der Waals surface area contributed by atoms with Gasteiger partial charge in [-0.25, -0.2) is 0 Å². The van der Waals surface area contributed by atoms with Gasteiger partial charge >= 0.3 is 6.18 Å². The van der Waals surface area contributed by atoms with Gasteiger partial charge in [0.1, 0.15) is 11.6 Å². The van der Waals surface area contributed by atoms with Crippen LogP contribution in [0.4, 0.5) is 18.9 Å². The van der Waals surface area contributed by atoms with Crippen LogP contribution in [0, 0.1) is 11.3 Å². The maximum Gasteiger partial charge on any atom is 0.416 e. The lowest BCUT2D eigenvalue weighted by molar-refractivity contribution is -0.137. The molecule has 0 aliphatic rings. The highest BCUT2D eigenvalue weighted by molar-refractivity contribution is 7.99. The molecule has 1 N–H and O–H groups in total. The van der Waals surface area contributed by atoms with Crippen LogP contribution in [0.5, 0.6) is 0 Å². The van der Waals surface area contributed by atoms with Crippen LogP contribution < -0.4 is 5.32 Å². The van der Waals surface area contributed by atoms with Crippen molar-refractivity contribution in [3.63, 3.8) is 0 Å². The van der Waals surface area contributed by atoms with Crippen LogP contribution in [0.3, 0.4) is 0 Å². The molecule has 156 valence electrons. The summed E-state index contributed by atoms with van der Waals surface area (Å²) in [6.07, 6.45) is -3.13. The number of amides is 1. The summed E-state index contributed by atoms with van der Waals surface area (Å²) in [5.41, 5.74) is -0.554. The van der Waals surface area contributed by atoms with Crippen molar-refractivity contribution in [3.05, 3.63) is 94.5 Å². The number of nitrogens with one attached hydrogen (secondary N) is 1. The van der Waals surface area contributed by atoms with Crippen LogP contribution in [0.15, 0.2) is 88.2 Å². The Bertz CT molecular complexity index is 1170. The third-order valence-corrected chi connectivity index (χ3v) is 5.42. The molecule has 0 spiro atoms. The number of hydrogen-bond donors (Lipinski definition) is 1. The van der Waals surface area contributed by atoms with E-state index in [1.54, 1.807) is 24.3 Å². The Morgan fingerprint density at radius 2 is 1.74 bits per heavy atom. The van der Waals surface area contributed by atoms with Gasteiger partial charge in [-0.05, 0) is 60.2 Å². The summed E-state index contributed by atoms with van der Waals surface area (Å²) in [5, 5.41) is 12.4. The van der Waals surface area contributed by atoms with Crippen molar-refractivity contribution >= 4 is 41.0 Å². The molecule has 8 heteroatoms. The zero-order chi connectivity index (χ0) is 22.4. The Morgan fingerprint density at radius 1 is 1.03 bits per heavy atom. The average Bonchev–Trinajstić information content (AvgIpc) is 2.74. The molecule has 0 fully saturated rings. The first-order chi connectivity index (χ1) is 14.8. The smallest absolute Gasteiger partial charge is 0.321 e. The Balaban J connectivity index is 1.84. The number of rotatable bonds is 5. The molecule has 0 aromatic heterocycles. The highest BCUT2D eigenvalue weighted by Crippen LogP contribution is 2.33. The van der Waals surface area contributed by atoms with Gasteiger partial charge in [0, 0.05) is 20.5 Å². The van der Waals surface area contributed by atoms with Gasteiger partial charge in [-0.1, -0.05) is 47.6 Å². The Kier molecular flexibility index (Phi) is 7.06. The Morgan fingerprint density at radius 3 is 2.42 bits per heavy atom. The summed E-state index contributed by atoms with van der Waals surface area (Å²) in [5.74, 6) is -0.798. The number of carbonyl (C=O) groups is 1. The van der Waals surface area contributed by atoms with Crippen molar-refractivity contribution in [1.82, 2.24) is 0 Å². The molecule has 3 aromatic rings. The topological polar surface area (TPSA) is 52.9 Å². The third-order valence-electron chi connectivity index (χ3n) is 4.07. The molecule has 0 saturated heterocycles. The summed E-state index contributed by atoms with van der Waals surface area (Å²) >= 11 is 7.33. The SMILES string of the molecule is N#C/C(=C\c1ccccc1Sc1ccc(Cl)cc1)C(=O)Nc1cccc(C(F)(F)F)c1. The van der Waals surface area contributed by atoms with E-state index < -0.39 is 17.6 Å². The molecule has 0 atom stereocenters. The summed E-state index contributed by atoms with van der Waals surface area (Å²) in [7, 11) is 0. The normalized spacial score (nSPS) is 11.6. The maximum atomic E-state index is 12.9. The van der Waals surface area contributed by atoms with Crippen molar-refractivity contribution in [3.8, 4) is 6.07 Å². The van der Waals surface area contributed by atoms with Gasteiger partial charge in [-0.3, -0.25) is 4.79 Å². The predicted octanol–water partition coefficient (Wildman–Crippen LogP) is 7.06. The first-order valence-electron chi connectivity index (χ1n) is 8.89. The summed E-state index contributed by atoms with van der Waals surface area (Å²) in [4.78, 5) is 14.2. The molecular formula is C23H14ClF3N2OS. The molecule has 0 aliphatic carbocycles. The number of halogens is 4. The minimum Gasteiger partial charge on any atom is -0.321 e. The lowest BCUT2D eigenvalue weighted by Gasteiger charge is -2.10. The lowest BCUT2D eigenvalue weighted by Crippen LogP contribution is -2.14. The van der Waals surface area contributed by atoms with Gasteiger partial charge in [-0.15, -0.1) is 0 Å². The van der Waals surface area contributed by atoms with Gasteiger partial charge in [0.2, 0.25) is 0 Å². The number of carbonyl (C=O) groups excluding carboxylic acids is 1. The minimum absolute atomic E-state index is 0.0511. The van der Waals surface area contributed by atoms with Crippen LogP contribution >= 0.6 is 23.4 Å². The number of nitrogens with zero attached hydrogens (tertiary/aromatic N) is 1. The fourth-order valence-electron chi connectivity index (χ4n) is 2.60. The van der Waals surface area contributed by atoms with E-state index in [-0.39, 0.29) is 11.3 Å². The van der Waals surface area contributed by atoms with Crippen molar-refractivity contribution < 1.29 is 18.0 Å². The van der Waals surface area contributed by atoms with Crippen LogP contribution in [-0.4, -0.2) is 5.91 Å². The molecule has 0 saturated carbocycles. The van der Waals surface area contributed by atoms with E-state index in [4.69, 9.17) is 11.6 Å². The van der Waals surface area contributed by atoms with Crippen LogP contribution in [0.25, 0.3) is 6.08 Å². The van der Waals surface area contributed by atoms with E-state index in [0.717, 1.165) is 21.9 Å². The van der Waals surface area contributed by atoms with E-state index in [9.17, 15) is 23.2 Å². The van der Waals surface area contributed by atoms with Gasteiger partial charge in [0.25, 0.3) is 5.91 Å². The number of hydrogen-bond acceptors (Lipinski definition) is 3. The fourth-order valence-corrected chi connectivity index (χ4v) is 3.64. The summed E-state index contributed by atoms with van der Waals surface area (Å²) < 4.78 is 38.6. The van der Waals surface area contributed by atoms with Crippen LogP contribution in [0.1, 0.15) is 11.1 Å². The Labute approximate surface area is 186 Å². The first-order valence-corrected chi connectivity index (χ1v) is 10.1. The number of alkyl halides is 3. The largest absolute Gasteiger partial charge is 0.416 e. The average molecular weight is 459 g/mol. The van der Waals surface area contributed by atoms with Gasteiger partial charge < -0.3 is 5.32 Å². The maximum absolute atomic E-state index is 12.9. The zero-order valence-electron chi connectivity index (χ0n) is 15.8. The molecule has 3 rings (SSSR count). The number of nitriles is 1. The van der Waals surface area contributed by atoms with E-state index in [0.29, 0.717) is 10.6 Å². The van der Waals surface area contributed by atoms with Crippen molar-refractivity contribution in [2.24, 2.45) is 0 Å². The van der Waals surface area contributed by atoms with Gasteiger partial charge in [0.15, 0.2) is 0 Å². The quantitative estimate of drug-likeness (QED) is 0.329. The number of anilines is 1. The minimum atomic E-state index is -4.54. The summed E-state index contributed by atoms with van der Waals surface area (Å²) in [6.45, 7) is 0. The van der Waals surface area contributed by atoms with Gasteiger partial charge in [-0.2, -0.15) is 18.4 Å². The monoisotopic (exact) mass is 458 g/mol. The molecular weight excluding hydrogens is 445 g/mol. The van der Waals surface area contributed by atoms with Gasteiger partial charge in [0.05, 0.1) is 5.56 Å².